The maximum absolute atomic E-state index is 5.44. The van der Waals surface area contributed by atoms with Crippen molar-refractivity contribution in [1.82, 2.24) is 0 Å². The van der Waals surface area contributed by atoms with Gasteiger partial charge in [-0.15, -0.1) is 0 Å². The third kappa shape index (κ3) is 4.23. The van der Waals surface area contributed by atoms with Gasteiger partial charge in [-0.3, -0.25) is 0 Å². The Labute approximate surface area is 122 Å². The zero-order valence-electron chi connectivity index (χ0n) is 10.7. The fraction of sp³-hybridized carbons (Fsp3) is 0.429. The van der Waals surface area contributed by atoms with Crippen molar-refractivity contribution in [1.29, 1.82) is 0 Å². The van der Waals surface area contributed by atoms with Gasteiger partial charge in [0, 0.05) is 0 Å². The average molecular weight is 287 g/mol. The summed E-state index contributed by atoms with van der Waals surface area (Å²) in [6.07, 6.45) is 5.43. The van der Waals surface area contributed by atoms with Crippen molar-refractivity contribution in [3.63, 3.8) is 0 Å². The van der Waals surface area contributed by atoms with Crippen molar-refractivity contribution in [3.8, 4) is 0 Å². The van der Waals surface area contributed by atoms with Crippen LogP contribution in [-0.4, -0.2) is 21.1 Å². The molecule has 0 unspecified atom stereocenters. The van der Waals surface area contributed by atoms with E-state index in [9.17, 15) is 0 Å². The van der Waals surface area contributed by atoms with Crippen LogP contribution in [0, 0.1) is 17.9 Å². The van der Waals surface area contributed by atoms with Crippen LogP contribution in [-0.2, 0) is 4.74 Å². The molecule has 1 nitrogen and oxygen atoms in total. The van der Waals surface area contributed by atoms with Gasteiger partial charge in [0.25, 0.3) is 0 Å². The van der Waals surface area contributed by atoms with E-state index in [2.05, 4.69) is 50.3 Å². The predicted octanol–water partition coefficient (Wildman–Crippen LogP) is -0.574. The van der Waals surface area contributed by atoms with Gasteiger partial charge in [0.2, 0.25) is 0 Å². The molecule has 86 valence electrons. The summed E-state index contributed by atoms with van der Waals surface area (Å²) in [6.45, 7) is 4.40. The van der Waals surface area contributed by atoms with Crippen LogP contribution < -0.4 is 23.3 Å². The van der Waals surface area contributed by atoms with E-state index in [-0.39, 0.29) is 18.9 Å². The predicted molar refractivity (Wildman–Crippen MR) is 67.7 cm³/mol. The maximum atomic E-state index is 5.44. The normalized spacial score (nSPS) is 27.1. The Morgan fingerprint density at radius 3 is 2.65 bits per heavy atom. The molecule has 0 saturated carbocycles. The van der Waals surface area contributed by atoms with Gasteiger partial charge in [-0.05, 0) is 0 Å². The zero-order valence-corrected chi connectivity index (χ0v) is 12.4. The first-order chi connectivity index (χ1) is 7.77. The van der Waals surface area contributed by atoms with Gasteiger partial charge in [0.15, 0.2) is 0 Å². The largest absolute Gasteiger partial charge is 1.00 e. The Kier molecular flexibility index (Phi) is 6.45. The molecule has 0 bridgehead atoms. The van der Waals surface area contributed by atoms with Gasteiger partial charge in [0.1, 0.15) is 0 Å². The van der Waals surface area contributed by atoms with Crippen molar-refractivity contribution in [2.75, 3.05) is 0 Å². The molecule has 2 rings (SSSR count). The van der Waals surface area contributed by atoms with Crippen molar-refractivity contribution in [2.24, 2.45) is 11.8 Å². The van der Waals surface area contributed by atoms with E-state index in [1.807, 2.05) is 0 Å². The minimum Gasteiger partial charge on any atom is 1.00 e. The SMILES string of the molecule is C[C@@H]1[C@H](C[Se]c2ccccc2)[C-]=CO[C@@H]1C.[Li+]. The summed E-state index contributed by atoms with van der Waals surface area (Å²) in [5.41, 5.74) is 0. The average Bonchev–Trinajstić information content (AvgIpc) is 2.32. The Morgan fingerprint density at radius 1 is 1.24 bits per heavy atom. The topological polar surface area (TPSA) is 9.23 Å². The molecule has 1 heterocycles. The summed E-state index contributed by atoms with van der Waals surface area (Å²) in [4.78, 5) is 0. The van der Waals surface area contributed by atoms with Crippen LogP contribution in [0.25, 0.3) is 0 Å². The second-order valence-corrected chi connectivity index (χ2v) is 6.51. The van der Waals surface area contributed by atoms with Gasteiger partial charge in [-0.2, -0.15) is 0 Å². The second kappa shape index (κ2) is 7.34. The van der Waals surface area contributed by atoms with Crippen molar-refractivity contribution in [3.05, 3.63) is 42.7 Å². The molecule has 1 aromatic rings. The fourth-order valence-electron chi connectivity index (χ4n) is 1.74. The maximum Gasteiger partial charge on any atom is 1.00 e. The minimum absolute atomic E-state index is 0. The quantitative estimate of drug-likeness (QED) is 0.534. The van der Waals surface area contributed by atoms with E-state index in [0.717, 1.165) is 0 Å². The van der Waals surface area contributed by atoms with Gasteiger partial charge in [-0.25, -0.2) is 0 Å². The first-order valence-electron chi connectivity index (χ1n) is 5.68. The molecule has 1 aliphatic heterocycles. The Balaban J connectivity index is 0.00000144. The van der Waals surface area contributed by atoms with Crippen LogP contribution in [0.4, 0.5) is 0 Å². The fourth-order valence-corrected chi connectivity index (χ4v) is 4.09. The zero-order chi connectivity index (χ0) is 11.4. The van der Waals surface area contributed by atoms with E-state index in [1.165, 1.54) is 9.78 Å². The van der Waals surface area contributed by atoms with Crippen molar-refractivity contribution >= 4 is 19.4 Å². The smallest absolute Gasteiger partial charge is 1.00 e. The minimum atomic E-state index is 0. The van der Waals surface area contributed by atoms with E-state index < -0.39 is 0 Å². The monoisotopic (exact) mass is 288 g/mol. The molecule has 0 aliphatic carbocycles. The molecule has 3 heteroatoms. The van der Waals surface area contributed by atoms with Gasteiger partial charge in [0.05, 0.1) is 0 Å². The first-order valence-corrected chi connectivity index (χ1v) is 7.75. The molecular formula is C14H17LiOSe. The summed E-state index contributed by atoms with van der Waals surface area (Å²) in [6, 6.07) is 10.7. The molecule has 0 spiro atoms. The number of allylic oxidation sites excluding steroid dienone is 1. The molecule has 0 fully saturated rings. The van der Waals surface area contributed by atoms with Crippen LogP contribution in [0.15, 0.2) is 36.6 Å². The summed E-state index contributed by atoms with van der Waals surface area (Å²) >= 11 is 0.554. The molecule has 3 atom stereocenters. The van der Waals surface area contributed by atoms with E-state index in [1.54, 1.807) is 6.26 Å². The number of benzene rings is 1. The molecule has 17 heavy (non-hydrogen) atoms. The molecular weight excluding hydrogens is 270 g/mol. The van der Waals surface area contributed by atoms with Crippen LogP contribution in [0.3, 0.4) is 0 Å². The molecule has 0 saturated heterocycles. The molecule has 0 amide bonds. The van der Waals surface area contributed by atoms with Gasteiger partial charge < -0.3 is 0 Å². The van der Waals surface area contributed by atoms with Crippen LogP contribution >= 0.6 is 0 Å². The van der Waals surface area contributed by atoms with E-state index in [0.29, 0.717) is 32.9 Å². The van der Waals surface area contributed by atoms with E-state index in [4.69, 9.17) is 4.74 Å². The number of rotatable bonds is 3. The van der Waals surface area contributed by atoms with Crippen LogP contribution in [0.1, 0.15) is 13.8 Å². The van der Waals surface area contributed by atoms with Crippen LogP contribution in [0.5, 0.6) is 0 Å². The first kappa shape index (κ1) is 14.9. The van der Waals surface area contributed by atoms with Gasteiger partial charge >= 0.3 is 123 Å². The Hall–Kier alpha value is -0.123. The third-order valence-corrected chi connectivity index (χ3v) is 5.49. The molecule has 1 aromatic carbocycles. The molecule has 1 aliphatic rings. The molecule has 0 N–H and O–H groups in total. The number of hydrogen-bond acceptors (Lipinski definition) is 1. The summed E-state index contributed by atoms with van der Waals surface area (Å²) in [7, 11) is 0. The number of hydrogen-bond donors (Lipinski definition) is 0. The third-order valence-electron chi connectivity index (χ3n) is 3.11. The van der Waals surface area contributed by atoms with Crippen molar-refractivity contribution in [2.45, 2.75) is 25.3 Å². The van der Waals surface area contributed by atoms with Gasteiger partial charge in [-0.1, -0.05) is 0 Å². The van der Waals surface area contributed by atoms with E-state index >= 15 is 0 Å². The molecule has 0 radical (unpaired) electrons. The number of ether oxygens (including phenoxy) is 1. The summed E-state index contributed by atoms with van der Waals surface area (Å²) in [5.74, 6) is 1.14. The second-order valence-electron chi connectivity index (χ2n) is 4.22. The summed E-state index contributed by atoms with van der Waals surface area (Å²) in [5, 5.41) is 1.22. The van der Waals surface area contributed by atoms with Crippen molar-refractivity contribution < 1.29 is 23.6 Å². The van der Waals surface area contributed by atoms with Crippen LogP contribution in [0.2, 0.25) is 5.32 Å². The standard InChI is InChI=1S/C14H17OSe.Li/c1-11-12(2)15-9-8-13(11)10-16-14-6-4-3-5-7-14;/h3-7,9,11-13H,10H2,1-2H3;/q-1;+1/t11-,12+,13-;/m0./s1. The molecule has 0 aromatic heterocycles. The summed E-state index contributed by atoms with van der Waals surface area (Å²) < 4.78 is 6.92. The Bertz CT molecular complexity index is 352. The Morgan fingerprint density at radius 2 is 1.94 bits per heavy atom.